The number of hydrogen-bond donors (Lipinski definition) is 2. The van der Waals surface area contributed by atoms with Gasteiger partial charge in [-0.1, -0.05) is 24.1 Å². The molecule has 0 spiro atoms. The number of rotatable bonds is 3. The molecule has 2 rings (SSSR count). The molecule has 21 heavy (non-hydrogen) atoms. The van der Waals surface area contributed by atoms with Crippen LogP contribution < -0.4 is 5.32 Å². The molecule has 1 aromatic heterocycles. The van der Waals surface area contributed by atoms with Crippen LogP contribution >= 0.6 is 11.3 Å². The quantitative estimate of drug-likeness (QED) is 0.851. The molecule has 106 valence electrons. The Morgan fingerprint density at radius 3 is 2.67 bits per heavy atom. The van der Waals surface area contributed by atoms with Crippen molar-refractivity contribution >= 4 is 23.2 Å². The molecule has 0 radical (unpaired) electrons. The maximum absolute atomic E-state index is 11.7. The minimum Gasteiger partial charge on any atom is -0.476 e. The van der Waals surface area contributed by atoms with Crippen LogP contribution in [0, 0.1) is 11.8 Å². The molecule has 0 saturated heterocycles. The van der Waals surface area contributed by atoms with E-state index in [1.807, 2.05) is 30.3 Å². The molecule has 1 heterocycles. The minimum absolute atomic E-state index is 0.0218. The topological polar surface area (TPSA) is 79.3 Å². The average Bonchev–Trinajstić information content (AvgIpc) is 2.96. The van der Waals surface area contributed by atoms with E-state index < -0.39 is 11.9 Å². The highest BCUT2D eigenvalue weighted by Crippen LogP contribution is 2.17. The maximum atomic E-state index is 11.7. The molecule has 2 N–H and O–H groups in total. The number of carbonyl (C=O) groups excluding carboxylic acids is 1. The van der Waals surface area contributed by atoms with E-state index >= 15 is 0 Å². The first-order valence-corrected chi connectivity index (χ1v) is 7.00. The summed E-state index contributed by atoms with van der Waals surface area (Å²) in [6.45, 7) is 1.73. The number of aromatic nitrogens is 1. The van der Waals surface area contributed by atoms with Gasteiger partial charge in [0.2, 0.25) is 0 Å². The third-order valence-corrected chi connectivity index (χ3v) is 3.58. The van der Waals surface area contributed by atoms with Gasteiger partial charge in [-0.3, -0.25) is 4.79 Å². The molecule has 0 aliphatic carbocycles. The highest BCUT2D eigenvalue weighted by atomic mass is 32.1. The van der Waals surface area contributed by atoms with Gasteiger partial charge in [0, 0.05) is 16.9 Å². The monoisotopic (exact) mass is 300 g/mol. The molecule has 1 amide bonds. The molecular weight excluding hydrogens is 288 g/mol. The fraction of sp³-hybridized carbons (Fsp3) is 0.133. The third-order valence-electron chi connectivity index (χ3n) is 2.55. The number of thiazole rings is 1. The van der Waals surface area contributed by atoms with Crippen molar-refractivity contribution in [2.45, 2.75) is 13.0 Å². The molecular formula is C15H12N2O3S. The van der Waals surface area contributed by atoms with E-state index in [0.29, 0.717) is 5.01 Å². The number of carbonyl (C=O) groups is 2. The molecule has 0 saturated carbocycles. The first kappa shape index (κ1) is 14.8. The highest BCUT2D eigenvalue weighted by Gasteiger charge is 2.15. The average molecular weight is 300 g/mol. The van der Waals surface area contributed by atoms with Crippen LogP contribution in [-0.2, 0) is 4.79 Å². The van der Waals surface area contributed by atoms with Crippen LogP contribution in [0.2, 0.25) is 0 Å². The summed E-state index contributed by atoms with van der Waals surface area (Å²) in [7, 11) is 0. The Labute approximate surface area is 125 Å². The number of aromatic carboxylic acids is 1. The Bertz CT molecular complexity index is 713. The molecule has 1 aromatic carbocycles. The van der Waals surface area contributed by atoms with Gasteiger partial charge in [0.25, 0.3) is 5.91 Å². The number of carboxylic acids is 1. The van der Waals surface area contributed by atoms with Gasteiger partial charge in [-0.2, -0.15) is 0 Å². The Morgan fingerprint density at radius 1 is 1.33 bits per heavy atom. The van der Waals surface area contributed by atoms with E-state index in [-0.39, 0.29) is 11.7 Å². The van der Waals surface area contributed by atoms with E-state index in [0.717, 1.165) is 5.56 Å². The molecule has 0 bridgehead atoms. The Balaban J connectivity index is 1.99. The van der Waals surface area contributed by atoms with Crippen LogP contribution in [0.1, 0.15) is 34.0 Å². The second-order valence-electron chi connectivity index (χ2n) is 4.19. The molecule has 1 unspecified atom stereocenters. The summed E-state index contributed by atoms with van der Waals surface area (Å²) in [4.78, 5) is 26.4. The van der Waals surface area contributed by atoms with Crippen LogP contribution in [0.25, 0.3) is 0 Å². The first-order valence-electron chi connectivity index (χ1n) is 6.12. The van der Waals surface area contributed by atoms with Gasteiger partial charge in [0.05, 0.1) is 6.04 Å². The van der Waals surface area contributed by atoms with Crippen molar-refractivity contribution in [1.29, 1.82) is 0 Å². The van der Waals surface area contributed by atoms with Crippen LogP contribution in [0.5, 0.6) is 0 Å². The normalized spacial score (nSPS) is 11.1. The van der Waals surface area contributed by atoms with Gasteiger partial charge in [-0.05, 0) is 19.1 Å². The Hall–Kier alpha value is -2.65. The number of nitrogens with one attached hydrogen (secondary N) is 1. The van der Waals surface area contributed by atoms with Crippen molar-refractivity contribution in [3.05, 3.63) is 52.0 Å². The standard InChI is InChI=1S/C15H12N2O3S/c1-10(14-17-12(9-21-14)15(19)20)16-13(18)8-7-11-5-3-2-4-6-11/h2-6,9-10H,1H3,(H,16,18)(H,19,20). The fourth-order valence-corrected chi connectivity index (χ4v) is 2.33. The predicted octanol–water partition coefficient (Wildman–Crippen LogP) is 2.07. The van der Waals surface area contributed by atoms with Crippen molar-refractivity contribution in [2.24, 2.45) is 0 Å². The summed E-state index contributed by atoms with van der Waals surface area (Å²) in [5, 5.41) is 13.4. The van der Waals surface area contributed by atoms with Crippen LogP contribution in [-0.4, -0.2) is 22.0 Å². The zero-order chi connectivity index (χ0) is 15.2. The third kappa shape index (κ3) is 4.16. The summed E-state index contributed by atoms with van der Waals surface area (Å²) in [6, 6.07) is 8.78. The molecule has 0 aliphatic heterocycles. The number of hydrogen-bond acceptors (Lipinski definition) is 4. The summed E-state index contributed by atoms with van der Waals surface area (Å²) in [5.74, 6) is 3.73. The lowest BCUT2D eigenvalue weighted by atomic mass is 10.2. The van der Waals surface area contributed by atoms with Crippen LogP contribution in [0.3, 0.4) is 0 Å². The molecule has 6 heteroatoms. The molecule has 5 nitrogen and oxygen atoms in total. The van der Waals surface area contributed by atoms with Gasteiger partial charge in [-0.25, -0.2) is 9.78 Å². The molecule has 1 atom stereocenters. The van der Waals surface area contributed by atoms with Gasteiger partial charge >= 0.3 is 5.97 Å². The van der Waals surface area contributed by atoms with E-state index in [2.05, 4.69) is 22.1 Å². The Morgan fingerprint density at radius 2 is 2.05 bits per heavy atom. The molecule has 0 aliphatic rings. The van der Waals surface area contributed by atoms with E-state index in [1.165, 1.54) is 16.7 Å². The highest BCUT2D eigenvalue weighted by molar-refractivity contribution is 7.09. The summed E-state index contributed by atoms with van der Waals surface area (Å²) in [5.41, 5.74) is 0.731. The molecule has 0 fully saturated rings. The van der Waals surface area contributed by atoms with Crippen LogP contribution in [0.15, 0.2) is 35.7 Å². The minimum atomic E-state index is -1.08. The zero-order valence-corrected chi connectivity index (χ0v) is 12.0. The van der Waals surface area contributed by atoms with E-state index in [1.54, 1.807) is 6.92 Å². The van der Waals surface area contributed by atoms with E-state index in [9.17, 15) is 9.59 Å². The zero-order valence-electron chi connectivity index (χ0n) is 11.2. The molecule has 2 aromatic rings. The van der Waals surface area contributed by atoms with Gasteiger partial charge in [-0.15, -0.1) is 11.3 Å². The van der Waals surface area contributed by atoms with Crippen molar-refractivity contribution < 1.29 is 14.7 Å². The lowest BCUT2D eigenvalue weighted by molar-refractivity contribution is -0.116. The van der Waals surface area contributed by atoms with Crippen LogP contribution in [0.4, 0.5) is 0 Å². The fourth-order valence-electron chi connectivity index (χ4n) is 1.53. The lowest BCUT2D eigenvalue weighted by Gasteiger charge is -2.07. The second kappa shape index (κ2) is 6.68. The second-order valence-corrected chi connectivity index (χ2v) is 5.08. The smallest absolute Gasteiger partial charge is 0.355 e. The summed E-state index contributed by atoms with van der Waals surface area (Å²) >= 11 is 1.19. The number of nitrogens with zero attached hydrogens (tertiary/aromatic N) is 1. The summed E-state index contributed by atoms with van der Waals surface area (Å²) < 4.78 is 0. The van der Waals surface area contributed by atoms with Crippen molar-refractivity contribution in [1.82, 2.24) is 10.3 Å². The van der Waals surface area contributed by atoms with Crippen molar-refractivity contribution in [3.8, 4) is 11.8 Å². The number of benzene rings is 1. The van der Waals surface area contributed by atoms with Crippen molar-refractivity contribution in [2.75, 3.05) is 0 Å². The Kier molecular flexibility index (Phi) is 4.69. The van der Waals surface area contributed by atoms with Gasteiger partial charge < -0.3 is 10.4 Å². The van der Waals surface area contributed by atoms with Gasteiger partial charge in [0.15, 0.2) is 5.69 Å². The predicted molar refractivity (Wildman–Crippen MR) is 79.0 cm³/mol. The SMILES string of the molecule is CC(NC(=O)C#Cc1ccccc1)c1nc(C(=O)O)cs1. The first-order chi connectivity index (χ1) is 10.1. The maximum Gasteiger partial charge on any atom is 0.355 e. The van der Waals surface area contributed by atoms with E-state index in [4.69, 9.17) is 5.11 Å². The van der Waals surface area contributed by atoms with Gasteiger partial charge in [0.1, 0.15) is 5.01 Å². The summed E-state index contributed by atoms with van der Waals surface area (Å²) in [6.07, 6.45) is 0. The lowest BCUT2D eigenvalue weighted by Crippen LogP contribution is -2.25. The largest absolute Gasteiger partial charge is 0.476 e. The van der Waals surface area contributed by atoms with Crippen molar-refractivity contribution in [3.63, 3.8) is 0 Å². The number of amides is 1. The number of carboxylic acid groups (broad SMARTS) is 1.